The molecule has 1 amide bonds. The largest absolute Gasteiger partial charge is 0.418 e. The average molecular weight is 587 g/mol. The van der Waals surface area contributed by atoms with E-state index in [-0.39, 0.29) is 17.6 Å². The second-order valence-corrected chi connectivity index (χ2v) is 10.5. The molecule has 11 heteroatoms. The van der Waals surface area contributed by atoms with Gasteiger partial charge in [-0.05, 0) is 86.9 Å². The SMILES string of the molecule is CC.Nc1ccc(NC2CCN(C(=O)CCCC3CCN(c4ccc(C(F)(F)F)cc4)CC3)CC2)cc1C(F)(F)F. The molecule has 41 heavy (non-hydrogen) atoms. The summed E-state index contributed by atoms with van der Waals surface area (Å²) < 4.78 is 77.7. The Labute approximate surface area is 238 Å². The van der Waals surface area contributed by atoms with E-state index in [1.54, 1.807) is 0 Å². The van der Waals surface area contributed by atoms with Crippen LogP contribution in [0, 0.1) is 5.92 Å². The normalized spacial score (nSPS) is 17.2. The fourth-order valence-electron chi connectivity index (χ4n) is 5.44. The van der Waals surface area contributed by atoms with Crippen LogP contribution in [-0.4, -0.2) is 43.0 Å². The molecular weight excluding hydrogens is 546 g/mol. The Hall–Kier alpha value is -3.11. The van der Waals surface area contributed by atoms with Crippen molar-refractivity contribution >= 4 is 23.0 Å². The van der Waals surface area contributed by atoms with Crippen molar-refractivity contribution in [2.24, 2.45) is 5.92 Å². The number of hydrogen-bond donors (Lipinski definition) is 2. The molecule has 2 heterocycles. The summed E-state index contributed by atoms with van der Waals surface area (Å²) in [7, 11) is 0. The highest BCUT2D eigenvalue weighted by molar-refractivity contribution is 5.76. The number of nitrogens with two attached hydrogens (primary N) is 1. The second kappa shape index (κ2) is 14.2. The molecule has 0 spiro atoms. The molecule has 0 saturated carbocycles. The van der Waals surface area contributed by atoms with Gasteiger partial charge in [0.25, 0.3) is 0 Å². The van der Waals surface area contributed by atoms with Crippen molar-refractivity contribution in [2.75, 3.05) is 42.1 Å². The zero-order valence-corrected chi connectivity index (χ0v) is 23.6. The van der Waals surface area contributed by atoms with E-state index in [2.05, 4.69) is 10.2 Å². The first-order valence-corrected chi connectivity index (χ1v) is 14.3. The van der Waals surface area contributed by atoms with E-state index in [1.165, 1.54) is 24.3 Å². The summed E-state index contributed by atoms with van der Waals surface area (Å²) in [5.74, 6) is 0.586. The summed E-state index contributed by atoms with van der Waals surface area (Å²) in [6.07, 6.45) is -3.49. The minimum atomic E-state index is -4.51. The van der Waals surface area contributed by atoms with Crippen molar-refractivity contribution in [1.29, 1.82) is 0 Å². The maximum absolute atomic E-state index is 13.1. The van der Waals surface area contributed by atoms with Gasteiger partial charge in [0.05, 0.1) is 11.1 Å². The number of nitrogen functional groups attached to an aromatic ring is 1. The van der Waals surface area contributed by atoms with Gasteiger partial charge in [0, 0.05) is 55.7 Å². The van der Waals surface area contributed by atoms with Gasteiger partial charge in [-0.1, -0.05) is 13.8 Å². The lowest BCUT2D eigenvalue weighted by Crippen LogP contribution is -2.42. The Kier molecular flexibility index (Phi) is 11.2. The van der Waals surface area contributed by atoms with Crippen LogP contribution in [0.2, 0.25) is 0 Å². The molecule has 4 rings (SSSR count). The molecule has 0 radical (unpaired) electrons. The molecule has 228 valence electrons. The molecule has 0 aliphatic carbocycles. The van der Waals surface area contributed by atoms with Crippen molar-refractivity contribution in [3.8, 4) is 0 Å². The van der Waals surface area contributed by atoms with Crippen molar-refractivity contribution in [1.82, 2.24) is 4.90 Å². The van der Waals surface area contributed by atoms with E-state index < -0.39 is 23.5 Å². The van der Waals surface area contributed by atoms with Gasteiger partial charge < -0.3 is 20.9 Å². The fourth-order valence-corrected chi connectivity index (χ4v) is 5.44. The van der Waals surface area contributed by atoms with Crippen LogP contribution in [0.1, 0.15) is 69.9 Å². The quantitative estimate of drug-likeness (QED) is 0.257. The van der Waals surface area contributed by atoms with Gasteiger partial charge in [-0.25, -0.2) is 0 Å². The molecule has 3 N–H and O–H groups in total. The Balaban J connectivity index is 0.00000226. The summed E-state index contributed by atoms with van der Waals surface area (Å²) in [5, 5.41) is 3.14. The second-order valence-electron chi connectivity index (χ2n) is 10.5. The zero-order chi connectivity index (χ0) is 30.2. The average Bonchev–Trinajstić information content (AvgIpc) is 2.95. The number of nitrogens with zero attached hydrogens (tertiary/aromatic N) is 2. The van der Waals surface area contributed by atoms with E-state index in [0.29, 0.717) is 44.0 Å². The van der Waals surface area contributed by atoms with Crippen molar-refractivity contribution < 1.29 is 31.1 Å². The highest BCUT2D eigenvalue weighted by atomic mass is 19.4. The number of likely N-dealkylation sites (tertiary alicyclic amines) is 1. The van der Waals surface area contributed by atoms with Gasteiger partial charge >= 0.3 is 12.4 Å². The molecule has 2 aromatic carbocycles. The van der Waals surface area contributed by atoms with Crippen LogP contribution in [0.25, 0.3) is 0 Å². The highest BCUT2D eigenvalue weighted by Crippen LogP contribution is 2.36. The van der Waals surface area contributed by atoms with Crippen LogP contribution < -0.4 is 16.0 Å². The maximum Gasteiger partial charge on any atom is 0.418 e. The minimum Gasteiger partial charge on any atom is -0.398 e. The molecule has 0 bridgehead atoms. The van der Waals surface area contributed by atoms with Gasteiger partial charge in [-0.3, -0.25) is 4.79 Å². The zero-order valence-electron chi connectivity index (χ0n) is 23.6. The predicted molar refractivity (Wildman–Crippen MR) is 151 cm³/mol. The molecule has 2 saturated heterocycles. The Morgan fingerprint density at radius 1 is 0.878 bits per heavy atom. The number of rotatable bonds is 7. The smallest absolute Gasteiger partial charge is 0.398 e. The Bertz CT molecular complexity index is 1100. The van der Waals surface area contributed by atoms with Gasteiger partial charge in [-0.15, -0.1) is 0 Å². The number of carbonyl (C=O) groups is 1. The van der Waals surface area contributed by atoms with Crippen LogP contribution >= 0.6 is 0 Å². The molecule has 5 nitrogen and oxygen atoms in total. The van der Waals surface area contributed by atoms with Crippen LogP contribution in [0.5, 0.6) is 0 Å². The first-order valence-electron chi connectivity index (χ1n) is 14.3. The molecule has 2 aromatic rings. The van der Waals surface area contributed by atoms with Crippen molar-refractivity contribution in [2.45, 2.75) is 77.2 Å². The van der Waals surface area contributed by atoms with E-state index in [0.717, 1.165) is 62.7 Å². The number of piperidine rings is 2. The van der Waals surface area contributed by atoms with E-state index in [9.17, 15) is 31.1 Å². The molecule has 2 aliphatic heterocycles. The minimum absolute atomic E-state index is 0.0198. The number of benzene rings is 2. The lowest BCUT2D eigenvalue weighted by molar-refractivity contribution is -0.138. The number of hydrogen-bond acceptors (Lipinski definition) is 4. The van der Waals surface area contributed by atoms with E-state index in [1.807, 2.05) is 18.7 Å². The Morgan fingerprint density at radius 2 is 1.49 bits per heavy atom. The Morgan fingerprint density at radius 3 is 2.05 bits per heavy atom. The summed E-state index contributed by atoms with van der Waals surface area (Å²) >= 11 is 0. The lowest BCUT2D eigenvalue weighted by Gasteiger charge is -2.34. The van der Waals surface area contributed by atoms with Gasteiger partial charge in [-0.2, -0.15) is 26.3 Å². The van der Waals surface area contributed by atoms with Gasteiger partial charge in [0.1, 0.15) is 0 Å². The number of alkyl halides is 6. The third-order valence-corrected chi connectivity index (χ3v) is 7.75. The monoisotopic (exact) mass is 586 g/mol. The maximum atomic E-state index is 13.1. The summed E-state index contributed by atoms with van der Waals surface area (Å²) in [4.78, 5) is 16.6. The molecular formula is C30H40F6N4O. The van der Waals surface area contributed by atoms with Crippen LogP contribution in [-0.2, 0) is 17.1 Å². The molecule has 0 atom stereocenters. The molecule has 0 aromatic heterocycles. The number of halogens is 6. The standard InChI is InChI=1S/C28H34F6N4O.C2H6/c29-27(30,31)20-4-7-23(8-5-20)37-14-10-19(11-15-37)2-1-3-26(39)38-16-12-21(13-17-38)36-22-6-9-25(35)24(18-22)28(32,33)34;1-2/h4-9,18-19,21,36H,1-3,10-17,35H2;1-2H3. The van der Waals surface area contributed by atoms with Crippen molar-refractivity contribution in [3.63, 3.8) is 0 Å². The number of nitrogens with one attached hydrogen (secondary N) is 1. The van der Waals surface area contributed by atoms with E-state index in [4.69, 9.17) is 5.73 Å². The molecule has 2 aliphatic rings. The van der Waals surface area contributed by atoms with Crippen LogP contribution in [0.4, 0.5) is 43.4 Å². The summed E-state index contributed by atoms with van der Waals surface area (Å²) in [6, 6.07) is 9.08. The first-order chi connectivity index (χ1) is 19.4. The van der Waals surface area contributed by atoms with Gasteiger partial charge in [0.2, 0.25) is 5.91 Å². The van der Waals surface area contributed by atoms with Crippen LogP contribution in [0.15, 0.2) is 42.5 Å². The van der Waals surface area contributed by atoms with Gasteiger partial charge in [0.15, 0.2) is 0 Å². The third-order valence-electron chi connectivity index (χ3n) is 7.75. The molecule has 2 fully saturated rings. The van der Waals surface area contributed by atoms with E-state index >= 15 is 0 Å². The van der Waals surface area contributed by atoms with Crippen molar-refractivity contribution in [3.05, 3.63) is 53.6 Å². The summed E-state index contributed by atoms with van der Waals surface area (Å²) in [6.45, 7) is 6.68. The number of carbonyl (C=O) groups excluding carboxylic acids is 1. The fraction of sp³-hybridized carbons (Fsp3) is 0.567. The summed E-state index contributed by atoms with van der Waals surface area (Å²) in [5.41, 5.74) is 4.82. The first kappa shape index (κ1) is 32.4. The highest BCUT2D eigenvalue weighted by Gasteiger charge is 2.34. The third kappa shape index (κ3) is 9.19. The lowest BCUT2D eigenvalue weighted by atomic mass is 9.91. The van der Waals surface area contributed by atoms with Crippen LogP contribution in [0.3, 0.4) is 0 Å². The number of amides is 1. The number of anilines is 3. The molecule has 0 unspecified atom stereocenters. The topological polar surface area (TPSA) is 61.6 Å². The predicted octanol–water partition coefficient (Wildman–Crippen LogP) is 7.82.